The molecule has 158 valence electrons. The Morgan fingerprint density at radius 2 is 1.77 bits per heavy atom. The number of rotatable bonds is 7. The smallest absolute Gasteiger partial charge is 0.312 e. The van der Waals surface area contributed by atoms with Gasteiger partial charge in [-0.1, -0.05) is 60.3 Å². The molecule has 3 rings (SSSR count). The zero-order valence-electron chi connectivity index (χ0n) is 16.7. The third-order valence-corrected chi connectivity index (χ3v) is 5.55. The summed E-state index contributed by atoms with van der Waals surface area (Å²) in [7, 11) is 0. The second-order valence-corrected chi connectivity index (χ2v) is 7.65. The first-order chi connectivity index (χ1) is 14.3. The summed E-state index contributed by atoms with van der Waals surface area (Å²) in [5.41, 5.74) is 2.77. The normalized spacial score (nSPS) is 11.5. The Bertz CT molecular complexity index is 1000. The van der Waals surface area contributed by atoms with Crippen LogP contribution in [0.3, 0.4) is 0 Å². The lowest BCUT2D eigenvalue weighted by atomic mass is 10.2. The fourth-order valence-corrected chi connectivity index (χ4v) is 4.05. The van der Waals surface area contributed by atoms with E-state index >= 15 is 0 Å². The molecule has 0 atom stereocenters. The van der Waals surface area contributed by atoms with Gasteiger partial charge >= 0.3 is 6.18 Å². The number of carbonyl (C=O) groups excluding carboxylic acids is 1. The van der Waals surface area contributed by atoms with E-state index in [4.69, 9.17) is 0 Å². The Labute approximate surface area is 177 Å². The highest BCUT2D eigenvalue weighted by Crippen LogP contribution is 2.30. The van der Waals surface area contributed by atoms with E-state index in [1.54, 1.807) is 35.2 Å². The molecule has 1 heterocycles. The molecular formula is C22H22F3N3OS. The molecule has 0 fully saturated rings. The summed E-state index contributed by atoms with van der Waals surface area (Å²) < 4.78 is 40.7. The summed E-state index contributed by atoms with van der Waals surface area (Å²) >= 11 is 1.02. The number of anilines is 1. The third kappa shape index (κ3) is 5.24. The van der Waals surface area contributed by atoms with E-state index in [9.17, 15) is 18.0 Å². The number of carbonyl (C=O) groups is 1. The Morgan fingerprint density at radius 1 is 1.10 bits per heavy atom. The van der Waals surface area contributed by atoms with Crippen LogP contribution >= 0.6 is 11.8 Å². The van der Waals surface area contributed by atoms with Gasteiger partial charge in [0, 0.05) is 12.2 Å². The van der Waals surface area contributed by atoms with Crippen LogP contribution in [0, 0.1) is 6.92 Å². The highest BCUT2D eigenvalue weighted by atomic mass is 32.2. The van der Waals surface area contributed by atoms with Crippen LogP contribution < -0.4 is 4.90 Å². The second-order valence-electron chi connectivity index (χ2n) is 6.71. The van der Waals surface area contributed by atoms with Gasteiger partial charge in [0.25, 0.3) is 0 Å². The van der Waals surface area contributed by atoms with Crippen LogP contribution in [0.15, 0.2) is 66.0 Å². The maximum atomic E-state index is 13.2. The van der Waals surface area contributed by atoms with Gasteiger partial charge in [0.15, 0.2) is 5.16 Å². The zero-order chi connectivity index (χ0) is 21.7. The summed E-state index contributed by atoms with van der Waals surface area (Å²) in [6.45, 7) is 3.09. The number of hydrogen-bond acceptors (Lipinski definition) is 3. The Balaban J connectivity index is 1.83. The molecule has 8 heteroatoms. The molecule has 0 unspecified atom stereocenters. The molecule has 0 aliphatic rings. The molecule has 1 aromatic heterocycles. The van der Waals surface area contributed by atoms with E-state index in [1.807, 2.05) is 38.1 Å². The highest BCUT2D eigenvalue weighted by Gasteiger charge is 2.31. The largest absolute Gasteiger partial charge is 0.406 e. The van der Waals surface area contributed by atoms with Crippen LogP contribution in [0.5, 0.6) is 0 Å². The predicted molar refractivity (Wildman–Crippen MR) is 114 cm³/mol. The average Bonchev–Trinajstić information content (AvgIpc) is 3.09. The second kappa shape index (κ2) is 9.38. The number of alkyl halides is 3. The van der Waals surface area contributed by atoms with Crippen LogP contribution in [0.25, 0.3) is 11.3 Å². The quantitative estimate of drug-likeness (QED) is 0.458. The molecule has 1 amide bonds. The number of amides is 1. The minimum Gasteiger partial charge on any atom is -0.312 e. The minimum absolute atomic E-state index is 0.00866. The summed E-state index contributed by atoms with van der Waals surface area (Å²) in [5.74, 6) is -0.190. The number of benzene rings is 2. The lowest BCUT2D eigenvalue weighted by molar-refractivity contribution is -0.141. The van der Waals surface area contributed by atoms with Crippen molar-refractivity contribution in [2.45, 2.75) is 31.7 Å². The van der Waals surface area contributed by atoms with Crippen molar-refractivity contribution < 1.29 is 18.0 Å². The van der Waals surface area contributed by atoms with Gasteiger partial charge in [0.1, 0.15) is 6.54 Å². The van der Waals surface area contributed by atoms with Gasteiger partial charge in [-0.05, 0) is 31.0 Å². The maximum Gasteiger partial charge on any atom is 0.406 e. The monoisotopic (exact) mass is 433 g/mol. The van der Waals surface area contributed by atoms with Crippen LogP contribution in [-0.2, 0) is 11.3 Å². The number of aryl methyl sites for hydroxylation is 1. The van der Waals surface area contributed by atoms with Crippen molar-refractivity contribution in [3.05, 3.63) is 66.4 Å². The SMILES string of the molecule is CCN(C(=O)CSc1ncc(-c2ccccc2)n1CC(F)(F)F)c1ccccc1C. The number of thioether (sulfide) groups is 1. The number of hydrogen-bond donors (Lipinski definition) is 0. The molecule has 0 saturated heterocycles. The molecule has 0 aliphatic heterocycles. The summed E-state index contributed by atoms with van der Waals surface area (Å²) in [4.78, 5) is 18.6. The number of nitrogens with zero attached hydrogens (tertiary/aromatic N) is 3. The van der Waals surface area contributed by atoms with Crippen molar-refractivity contribution in [1.29, 1.82) is 0 Å². The van der Waals surface area contributed by atoms with Gasteiger partial charge < -0.3 is 9.47 Å². The summed E-state index contributed by atoms with van der Waals surface area (Å²) in [6, 6.07) is 16.3. The summed E-state index contributed by atoms with van der Waals surface area (Å²) in [6.07, 6.45) is -2.98. The standard InChI is InChI=1S/C22H22F3N3OS/c1-3-27(18-12-8-7-9-16(18)2)20(29)14-30-21-26-13-19(17-10-5-4-6-11-17)28(21)15-22(23,24)25/h4-13H,3,14-15H2,1-2H3. The van der Waals surface area contributed by atoms with E-state index in [0.29, 0.717) is 17.8 Å². The van der Waals surface area contributed by atoms with Gasteiger partial charge in [0.2, 0.25) is 5.91 Å². The Morgan fingerprint density at radius 3 is 2.40 bits per heavy atom. The average molecular weight is 433 g/mol. The number of para-hydroxylation sites is 1. The molecule has 2 aromatic carbocycles. The number of halogens is 3. The fraction of sp³-hybridized carbons (Fsp3) is 0.273. The van der Waals surface area contributed by atoms with Crippen molar-refractivity contribution in [2.24, 2.45) is 0 Å². The molecule has 0 spiro atoms. The molecule has 0 saturated carbocycles. The van der Waals surface area contributed by atoms with Gasteiger partial charge in [-0.2, -0.15) is 13.2 Å². The van der Waals surface area contributed by atoms with Crippen LogP contribution in [0.1, 0.15) is 12.5 Å². The van der Waals surface area contributed by atoms with E-state index in [-0.39, 0.29) is 16.8 Å². The van der Waals surface area contributed by atoms with Gasteiger partial charge in [-0.3, -0.25) is 4.79 Å². The molecule has 0 radical (unpaired) electrons. The van der Waals surface area contributed by atoms with Crippen molar-refractivity contribution >= 4 is 23.4 Å². The molecule has 30 heavy (non-hydrogen) atoms. The van der Waals surface area contributed by atoms with Gasteiger partial charge in [-0.15, -0.1) is 0 Å². The predicted octanol–water partition coefficient (Wildman–Crippen LogP) is 5.57. The van der Waals surface area contributed by atoms with Crippen molar-refractivity contribution in [3.63, 3.8) is 0 Å². The van der Waals surface area contributed by atoms with Gasteiger partial charge in [-0.25, -0.2) is 4.98 Å². The molecule has 4 nitrogen and oxygen atoms in total. The topological polar surface area (TPSA) is 38.1 Å². The first-order valence-corrected chi connectivity index (χ1v) is 10.4. The van der Waals surface area contributed by atoms with Crippen molar-refractivity contribution in [1.82, 2.24) is 9.55 Å². The molecule has 0 bridgehead atoms. The summed E-state index contributed by atoms with van der Waals surface area (Å²) in [5, 5.41) is 0.167. The molecular weight excluding hydrogens is 411 g/mol. The fourth-order valence-electron chi connectivity index (χ4n) is 3.20. The van der Waals surface area contributed by atoms with Crippen LogP contribution in [-0.4, -0.2) is 33.9 Å². The van der Waals surface area contributed by atoms with E-state index in [0.717, 1.165) is 27.6 Å². The molecule has 3 aromatic rings. The minimum atomic E-state index is -4.40. The Kier molecular flexibility index (Phi) is 6.87. The number of imidazole rings is 1. The molecule has 0 N–H and O–H groups in total. The first-order valence-electron chi connectivity index (χ1n) is 9.46. The highest BCUT2D eigenvalue weighted by molar-refractivity contribution is 7.99. The number of aromatic nitrogens is 2. The van der Waals surface area contributed by atoms with E-state index < -0.39 is 12.7 Å². The lowest BCUT2D eigenvalue weighted by Gasteiger charge is -2.23. The third-order valence-electron chi connectivity index (χ3n) is 4.57. The van der Waals surface area contributed by atoms with E-state index in [1.165, 1.54) is 6.20 Å². The van der Waals surface area contributed by atoms with Crippen LogP contribution in [0.4, 0.5) is 18.9 Å². The van der Waals surface area contributed by atoms with Crippen molar-refractivity contribution in [2.75, 3.05) is 17.2 Å². The van der Waals surface area contributed by atoms with E-state index in [2.05, 4.69) is 4.98 Å². The van der Waals surface area contributed by atoms with Gasteiger partial charge in [0.05, 0.1) is 17.6 Å². The lowest BCUT2D eigenvalue weighted by Crippen LogP contribution is -2.32. The molecule has 0 aliphatic carbocycles. The van der Waals surface area contributed by atoms with Crippen molar-refractivity contribution in [3.8, 4) is 11.3 Å². The zero-order valence-corrected chi connectivity index (χ0v) is 17.5. The Hall–Kier alpha value is -2.74. The van der Waals surface area contributed by atoms with Crippen LogP contribution in [0.2, 0.25) is 0 Å². The first kappa shape index (κ1) is 22.0. The maximum absolute atomic E-state index is 13.2.